The number of hydrogen-bond donors (Lipinski definition) is 2. The minimum Gasteiger partial charge on any atom is -0.330 e. The molecule has 0 fully saturated rings. The van der Waals surface area contributed by atoms with Crippen LogP contribution in [0.25, 0.3) is 10.9 Å². The predicted octanol–water partition coefficient (Wildman–Crippen LogP) is 4.99. The standard InChI is InChI=1S/C20H19N5OS2/c1-11-8-9-15(12(2)10-11)22-19-24-25-20(28-19)27-13(3)17-21-16-7-5-4-6-14(16)18(26)23-17/h4-10,13H,1-3H3,(H,22,24)(H,21,23,26)/t13-/m0/s1. The monoisotopic (exact) mass is 409 g/mol. The summed E-state index contributed by atoms with van der Waals surface area (Å²) in [6.45, 7) is 6.13. The first-order valence-electron chi connectivity index (χ1n) is 8.83. The third-order valence-corrected chi connectivity index (χ3v) is 6.36. The summed E-state index contributed by atoms with van der Waals surface area (Å²) in [5, 5.41) is 13.1. The molecule has 4 rings (SSSR count). The van der Waals surface area contributed by atoms with E-state index < -0.39 is 0 Å². The highest BCUT2D eigenvalue weighted by atomic mass is 32.2. The maximum Gasteiger partial charge on any atom is 0.258 e. The number of benzene rings is 2. The Hall–Kier alpha value is -2.71. The summed E-state index contributed by atoms with van der Waals surface area (Å²) < 4.78 is 0.815. The molecule has 0 saturated heterocycles. The Morgan fingerprint density at radius 3 is 2.79 bits per heavy atom. The van der Waals surface area contributed by atoms with Crippen molar-refractivity contribution in [2.75, 3.05) is 5.32 Å². The van der Waals surface area contributed by atoms with Crippen LogP contribution in [0.3, 0.4) is 0 Å². The molecular formula is C20H19N5OS2. The lowest BCUT2D eigenvalue weighted by Crippen LogP contribution is -2.12. The summed E-state index contributed by atoms with van der Waals surface area (Å²) in [6.07, 6.45) is 0. The Morgan fingerprint density at radius 2 is 1.96 bits per heavy atom. The van der Waals surface area contributed by atoms with Gasteiger partial charge in [-0.25, -0.2) is 4.98 Å². The first-order valence-corrected chi connectivity index (χ1v) is 10.5. The van der Waals surface area contributed by atoms with Gasteiger partial charge in [-0.3, -0.25) is 4.79 Å². The molecule has 0 bridgehead atoms. The number of nitrogens with one attached hydrogen (secondary N) is 2. The van der Waals surface area contributed by atoms with Crippen molar-refractivity contribution in [1.29, 1.82) is 0 Å². The number of anilines is 2. The van der Waals surface area contributed by atoms with E-state index in [2.05, 4.69) is 51.5 Å². The van der Waals surface area contributed by atoms with Crippen molar-refractivity contribution in [3.63, 3.8) is 0 Å². The lowest BCUT2D eigenvalue weighted by Gasteiger charge is -2.09. The Morgan fingerprint density at radius 1 is 1.14 bits per heavy atom. The van der Waals surface area contributed by atoms with Crippen molar-refractivity contribution in [1.82, 2.24) is 20.2 Å². The van der Waals surface area contributed by atoms with Crippen LogP contribution in [0, 0.1) is 13.8 Å². The highest BCUT2D eigenvalue weighted by Gasteiger charge is 2.15. The van der Waals surface area contributed by atoms with Crippen molar-refractivity contribution >= 4 is 44.8 Å². The third-order valence-electron chi connectivity index (χ3n) is 4.32. The molecule has 4 aromatic rings. The molecule has 28 heavy (non-hydrogen) atoms. The molecule has 0 amide bonds. The van der Waals surface area contributed by atoms with Gasteiger partial charge >= 0.3 is 0 Å². The molecule has 8 heteroatoms. The van der Waals surface area contributed by atoms with E-state index >= 15 is 0 Å². The normalized spacial score (nSPS) is 12.2. The SMILES string of the molecule is Cc1ccc(Nc2nnc(S[C@@H](C)c3nc4ccccc4c(=O)[nH]3)s2)c(C)c1. The molecule has 2 aromatic carbocycles. The van der Waals surface area contributed by atoms with Crippen molar-refractivity contribution in [2.45, 2.75) is 30.4 Å². The smallest absolute Gasteiger partial charge is 0.258 e. The lowest BCUT2D eigenvalue weighted by atomic mass is 10.1. The molecule has 2 N–H and O–H groups in total. The van der Waals surface area contributed by atoms with Gasteiger partial charge in [-0.1, -0.05) is 52.9 Å². The van der Waals surface area contributed by atoms with E-state index in [-0.39, 0.29) is 10.8 Å². The maximum absolute atomic E-state index is 12.3. The van der Waals surface area contributed by atoms with E-state index in [1.165, 1.54) is 28.7 Å². The van der Waals surface area contributed by atoms with Gasteiger partial charge in [-0.2, -0.15) is 0 Å². The highest BCUT2D eigenvalue weighted by molar-refractivity contribution is 8.01. The molecule has 0 unspecified atom stereocenters. The number of para-hydroxylation sites is 1. The zero-order valence-electron chi connectivity index (χ0n) is 15.7. The van der Waals surface area contributed by atoms with Crippen LogP contribution in [0.15, 0.2) is 51.6 Å². The van der Waals surface area contributed by atoms with Crippen LogP contribution in [0.5, 0.6) is 0 Å². The van der Waals surface area contributed by atoms with Gasteiger partial charge in [0.1, 0.15) is 5.82 Å². The van der Waals surface area contributed by atoms with Gasteiger partial charge in [-0.15, -0.1) is 10.2 Å². The summed E-state index contributed by atoms with van der Waals surface area (Å²) >= 11 is 3.01. The first kappa shape index (κ1) is 18.6. The summed E-state index contributed by atoms with van der Waals surface area (Å²) in [5.41, 5.74) is 3.98. The minimum absolute atomic E-state index is 0.0563. The molecule has 0 radical (unpaired) electrons. The number of fused-ring (bicyclic) bond motifs is 1. The van der Waals surface area contributed by atoms with Crippen LogP contribution >= 0.6 is 23.1 Å². The molecule has 0 aliphatic rings. The Balaban J connectivity index is 1.51. The quantitative estimate of drug-likeness (QED) is 0.452. The fourth-order valence-corrected chi connectivity index (χ4v) is 4.85. The summed E-state index contributed by atoms with van der Waals surface area (Å²) in [4.78, 5) is 19.8. The van der Waals surface area contributed by atoms with Gasteiger partial charge in [0.2, 0.25) is 5.13 Å². The van der Waals surface area contributed by atoms with Gasteiger partial charge in [-0.05, 0) is 44.5 Å². The van der Waals surface area contributed by atoms with Crippen LogP contribution in [0.2, 0.25) is 0 Å². The third kappa shape index (κ3) is 3.93. The predicted molar refractivity (Wildman–Crippen MR) is 116 cm³/mol. The van der Waals surface area contributed by atoms with E-state index in [1.807, 2.05) is 31.2 Å². The zero-order valence-corrected chi connectivity index (χ0v) is 17.3. The van der Waals surface area contributed by atoms with E-state index in [0.717, 1.165) is 20.7 Å². The largest absolute Gasteiger partial charge is 0.330 e. The van der Waals surface area contributed by atoms with E-state index in [1.54, 1.807) is 6.07 Å². The summed E-state index contributed by atoms with van der Waals surface area (Å²) in [7, 11) is 0. The first-order chi connectivity index (χ1) is 13.5. The molecule has 0 spiro atoms. The molecule has 2 aromatic heterocycles. The minimum atomic E-state index is -0.123. The van der Waals surface area contributed by atoms with Gasteiger partial charge in [0, 0.05) is 5.69 Å². The van der Waals surface area contributed by atoms with Gasteiger partial charge < -0.3 is 10.3 Å². The number of aromatic amines is 1. The van der Waals surface area contributed by atoms with E-state index in [4.69, 9.17) is 0 Å². The molecule has 6 nitrogen and oxygen atoms in total. The molecular weight excluding hydrogens is 390 g/mol. The van der Waals surface area contributed by atoms with Crippen LogP contribution in [-0.2, 0) is 0 Å². The molecule has 2 heterocycles. The topological polar surface area (TPSA) is 83.6 Å². The average Bonchev–Trinajstić information content (AvgIpc) is 3.11. The zero-order chi connectivity index (χ0) is 19.7. The number of thioether (sulfide) groups is 1. The second kappa shape index (κ2) is 7.73. The number of aryl methyl sites for hydroxylation is 2. The number of nitrogens with zero attached hydrogens (tertiary/aromatic N) is 3. The molecule has 0 saturated carbocycles. The van der Waals surface area contributed by atoms with Crippen molar-refractivity contribution < 1.29 is 0 Å². The van der Waals surface area contributed by atoms with Crippen molar-refractivity contribution in [2.24, 2.45) is 0 Å². The average molecular weight is 410 g/mol. The van der Waals surface area contributed by atoms with Crippen molar-refractivity contribution in [3.05, 3.63) is 69.8 Å². The fraction of sp³-hybridized carbons (Fsp3) is 0.200. The summed E-state index contributed by atoms with van der Waals surface area (Å²) in [6, 6.07) is 13.6. The molecule has 0 aliphatic heterocycles. The lowest BCUT2D eigenvalue weighted by molar-refractivity contribution is 0.916. The van der Waals surface area contributed by atoms with Gasteiger partial charge in [0.05, 0.1) is 16.2 Å². The number of rotatable bonds is 5. The van der Waals surface area contributed by atoms with Crippen LogP contribution < -0.4 is 10.9 Å². The van der Waals surface area contributed by atoms with Gasteiger partial charge in [0.15, 0.2) is 4.34 Å². The summed E-state index contributed by atoms with van der Waals surface area (Å²) in [5.74, 6) is 0.632. The van der Waals surface area contributed by atoms with Gasteiger partial charge in [0.25, 0.3) is 5.56 Å². The van der Waals surface area contributed by atoms with E-state index in [9.17, 15) is 4.79 Å². The van der Waals surface area contributed by atoms with E-state index in [0.29, 0.717) is 16.7 Å². The van der Waals surface area contributed by atoms with Crippen molar-refractivity contribution in [3.8, 4) is 0 Å². The van der Waals surface area contributed by atoms with Crippen LogP contribution in [0.1, 0.15) is 29.1 Å². The second-order valence-electron chi connectivity index (χ2n) is 6.54. The fourth-order valence-electron chi connectivity index (χ4n) is 2.88. The number of H-pyrrole nitrogens is 1. The second-order valence-corrected chi connectivity index (χ2v) is 9.11. The number of hydrogen-bond acceptors (Lipinski definition) is 7. The molecule has 1 atom stereocenters. The Labute approximate surface area is 170 Å². The highest BCUT2D eigenvalue weighted by Crippen LogP contribution is 2.37. The Kier molecular flexibility index (Phi) is 5.15. The Bertz CT molecular complexity index is 1200. The van der Waals surface area contributed by atoms with Crippen LogP contribution in [-0.4, -0.2) is 20.2 Å². The maximum atomic E-state index is 12.3. The molecule has 142 valence electrons. The van der Waals surface area contributed by atoms with Crippen LogP contribution in [0.4, 0.5) is 10.8 Å². The number of aromatic nitrogens is 4. The molecule has 0 aliphatic carbocycles.